The van der Waals surface area contributed by atoms with Gasteiger partial charge in [-0.15, -0.1) is 0 Å². The van der Waals surface area contributed by atoms with Crippen LogP contribution in [0.15, 0.2) is 10.9 Å². The Kier molecular flexibility index (Phi) is 2.22. The second-order valence-corrected chi connectivity index (χ2v) is 3.46. The van der Waals surface area contributed by atoms with Crippen LogP contribution in [0.3, 0.4) is 0 Å². The first-order chi connectivity index (χ1) is 7.17. The van der Waals surface area contributed by atoms with Crippen LogP contribution in [0.1, 0.15) is 25.1 Å². The van der Waals surface area contributed by atoms with Gasteiger partial charge in [0.2, 0.25) is 0 Å². The highest BCUT2D eigenvalue weighted by atomic mass is 16.1. The number of nitrogens with one attached hydrogen (secondary N) is 1. The Morgan fingerprint density at radius 1 is 1.47 bits per heavy atom. The number of nitrogen functional groups attached to an aromatic ring is 1. The third-order valence-corrected chi connectivity index (χ3v) is 2.53. The topological polar surface area (TPSA) is 76.2 Å². The fraction of sp³-hybridized carbons (Fsp3) is 0.400. The summed E-state index contributed by atoms with van der Waals surface area (Å²) in [6.45, 7) is 3.91. The molecule has 80 valence electrons. The van der Waals surface area contributed by atoms with E-state index in [4.69, 9.17) is 5.73 Å². The van der Waals surface area contributed by atoms with Crippen molar-refractivity contribution >= 4 is 11.5 Å². The molecule has 2 aromatic heterocycles. The Labute approximate surface area is 86.9 Å². The minimum Gasteiger partial charge on any atom is -0.383 e. The standard InChI is InChI=1S/C10H14N4O/c1-3-6-5-8-12-10(15)7(4-2)9(11)14(8)13-6/h5H,3-4,11H2,1-2H3,(H,12,15). The molecule has 5 heteroatoms. The van der Waals surface area contributed by atoms with Crippen LogP contribution in [0.5, 0.6) is 0 Å². The molecule has 0 aliphatic heterocycles. The number of anilines is 1. The first-order valence-electron chi connectivity index (χ1n) is 5.06. The molecule has 0 amide bonds. The Morgan fingerprint density at radius 3 is 2.80 bits per heavy atom. The second-order valence-electron chi connectivity index (χ2n) is 3.46. The summed E-state index contributed by atoms with van der Waals surface area (Å²) in [5.41, 5.74) is 7.93. The van der Waals surface area contributed by atoms with Gasteiger partial charge in [0.15, 0.2) is 0 Å². The second kappa shape index (κ2) is 3.42. The van der Waals surface area contributed by atoms with Crippen molar-refractivity contribution in [2.45, 2.75) is 26.7 Å². The predicted molar refractivity (Wildman–Crippen MR) is 59.0 cm³/mol. The van der Waals surface area contributed by atoms with Gasteiger partial charge in [0, 0.05) is 6.07 Å². The molecule has 3 N–H and O–H groups in total. The summed E-state index contributed by atoms with van der Waals surface area (Å²) in [4.78, 5) is 14.4. The Morgan fingerprint density at radius 2 is 2.20 bits per heavy atom. The van der Waals surface area contributed by atoms with Gasteiger partial charge in [-0.25, -0.2) is 4.52 Å². The summed E-state index contributed by atoms with van der Waals surface area (Å²) in [5.74, 6) is 0.441. The summed E-state index contributed by atoms with van der Waals surface area (Å²) in [6.07, 6.45) is 1.43. The summed E-state index contributed by atoms with van der Waals surface area (Å²) < 4.78 is 1.60. The first-order valence-corrected chi connectivity index (χ1v) is 5.06. The van der Waals surface area contributed by atoms with E-state index < -0.39 is 0 Å². The van der Waals surface area contributed by atoms with Crippen LogP contribution < -0.4 is 11.3 Å². The molecule has 2 aromatic rings. The van der Waals surface area contributed by atoms with Crippen LogP contribution in [0.2, 0.25) is 0 Å². The predicted octanol–water partition coefficient (Wildman–Crippen LogP) is 0.730. The number of rotatable bonds is 2. The zero-order valence-corrected chi connectivity index (χ0v) is 8.87. The van der Waals surface area contributed by atoms with Gasteiger partial charge in [-0.1, -0.05) is 13.8 Å². The van der Waals surface area contributed by atoms with Gasteiger partial charge in [-0.05, 0) is 12.8 Å². The molecule has 0 spiro atoms. The van der Waals surface area contributed by atoms with Crippen molar-refractivity contribution in [2.24, 2.45) is 0 Å². The molecule has 0 bridgehead atoms. The van der Waals surface area contributed by atoms with Crippen molar-refractivity contribution in [3.8, 4) is 0 Å². The van der Waals surface area contributed by atoms with Crippen LogP contribution in [0, 0.1) is 0 Å². The van der Waals surface area contributed by atoms with Gasteiger partial charge in [0.05, 0.1) is 11.3 Å². The molecular formula is C10H14N4O. The van der Waals surface area contributed by atoms with E-state index in [-0.39, 0.29) is 5.56 Å². The van der Waals surface area contributed by atoms with Crippen molar-refractivity contribution in [1.29, 1.82) is 0 Å². The number of hydrogen-bond donors (Lipinski definition) is 2. The molecule has 0 atom stereocenters. The summed E-state index contributed by atoms with van der Waals surface area (Å²) in [5, 5.41) is 4.30. The normalized spacial score (nSPS) is 11.1. The van der Waals surface area contributed by atoms with E-state index in [1.807, 2.05) is 19.9 Å². The van der Waals surface area contributed by atoms with Crippen molar-refractivity contribution in [2.75, 3.05) is 5.73 Å². The van der Waals surface area contributed by atoms with Crippen LogP contribution in [-0.4, -0.2) is 14.6 Å². The lowest BCUT2D eigenvalue weighted by molar-refractivity contribution is 0.874. The summed E-state index contributed by atoms with van der Waals surface area (Å²) in [6, 6.07) is 1.84. The largest absolute Gasteiger partial charge is 0.383 e. The van der Waals surface area contributed by atoms with E-state index in [1.54, 1.807) is 4.52 Å². The van der Waals surface area contributed by atoms with Gasteiger partial charge in [-0.3, -0.25) is 4.79 Å². The van der Waals surface area contributed by atoms with E-state index in [1.165, 1.54) is 0 Å². The summed E-state index contributed by atoms with van der Waals surface area (Å²) >= 11 is 0. The lowest BCUT2D eigenvalue weighted by atomic mass is 10.2. The molecule has 0 saturated carbocycles. The van der Waals surface area contributed by atoms with Crippen molar-refractivity contribution in [3.05, 3.63) is 27.7 Å². The van der Waals surface area contributed by atoms with Crippen LogP contribution in [0.4, 0.5) is 5.82 Å². The lowest BCUT2D eigenvalue weighted by Gasteiger charge is -2.03. The number of nitrogens with zero attached hydrogens (tertiary/aromatic N) is 2. The van der Waals surface area contributed by atoms with Gasteiger partial charge in [0.25, 0.3) is 5.56 Å². The number of H-pyrrole nitrogens is 1. The minimum atomic E-state index is -0.120. The van der Waals surface area contributed by atoms with Gasteiger partial charge in [-0.2, -0.15) is 5.10 Å². The molecule has 5 nitrogen and oxygen atoms in total. The van der Waals surface area contributed by atoms with Crippen LogP contribution >= 0.6 is 0 Å². The Balaban J connectivity index is 2.82. The Hall–Kier alpha value is -1.78. The maximum absolute atomic E-state index is 11.6. The van der Waals surface area contributed by atoms with E-state index in [0.717, 1.165) is 12.1 Å². The van der Waals surface area contributed by atoms with Crippen LogP contribution in [-0.2, 0) is 12.8 Å². The average molecular weight is 206 g/mol. The fourth-order valence-corrected chi connectivity index (χ4v) is 1.65. The van der Waals surface area contributed by atoms with E-state index in [9.17, 15) is 4.79 Å². The number of aromatic nitrogens is 3. The number of fused-ring (bicyclic) bond motifs is 1. The molecular weight excluding hydrogens is 192 g/mol. The van der Waals surface area contributed by atoms with Gasteiger partial charge in [0.1, 0.15) is 11.5 Å². The maximum atomic E-state index is 11.6. The van der Waals surface area contributed by atoms with Crippen molar-refractivity contribution < 1.29 is 0 Å². The zero-order valence-electron chi connectivity index (χ0n) is 8.87. The maximum Gasteiger partial charge on any atom is 0.256 e. The highest BCUT2D eigenvalue weighted by molar-refractivity contribution is 5.50. The number of aromatic amines is 1. The zero-order chi connectivity index (χ0) is 11.0. The van der Waals surface area contributed by atoms with E-state index in [2.05, 4.69) is 10.1 Å². The molecule has 0 aliphatic carbocycles. The molecule has 2 heterocycles. The molecule has 0 fully saturated rings. The monoisotopic (exact) mass is 206 g/mol. The SMILES string of the molecule is CCc1cc2[nH]c(=O)c(CC)c(N)n2n1. The molecule has 0 aromatic carbocycles. The van der Waals surface area contributed by atoms with E-state index in [0.29, 0.717) is 23.4 Å². The molecule has 0 radical (unpaired) electrons. The smallest absolute Gasteiger partial charge is 0.256 e. The molecule has 0 saturated heterocycles. The molecule has 0 aliphatic rings. The number of nitrogens with two attached hydrogens (primary N) is 1. The minimum absolute atomic E-state index is 0.120. The van der Waals surface area contributed by atoms with Crippen molar-refractivity contribution in [1.82, 2.24) is 14.6 Å². The van der Waals surface area contributed by atoms with E-state index >= 15 is 0 Å². The fourth-order valence-electron chi connectivity index (χ4n) is 1.65. The molecule has 15 heavy (non-hydrogen) atoms. The average Bonchev–Trinajstić information content (AvgIpc) is 2.61. The van der Waals surface area contributed by atoms with Gasteiger partial charge < -0.3 is 10.7 Å². The van der Waals surface area contributed by atoms with Crippen LogP contribution in [0.25, 0.3) is 5.65 Å². The van der Waals surface area contributed by atoms with Gasteiger partial charge >= 0.3 is 0 Å². The quantitative estimate of drug-likeness (QED) is 0.760. The lowest BCUT2D eigenvalue weighted by Crippen LogP contribution is -2.18. The molecule has 0 unspecified atom stereocenters. The highest BCUT2D eigenvalue weighted by Crippen LogP contribution is 2.11. The third-order valence-electron chi connectivity index (χ3n) is 2.53. The summed E-state index contributed by atoms with van der Waals surface area (Å²) in [7, 11) is 0. The number of aryl methyl sites for hydroxylation is 1. The third kappa shape index (κ3) is 1.40. The number of hydrogen-bond acceptors (Lipinski definition) is 3. The first kappa shape index (κ1) is 9.76. The Bertz CT molecular complexity index is 552. The molecule has 2 rings (SSSR count). The highest BCUT2D eigenvalue weighted by Gasteiger charge is 2.10. The van der Waals surface area contributed by atoms with Crippen molar-refractivity contribution in [3.63, 3.8) is 0 Å².